The lowest BCUT2D eigenvalue weighted by Crippen LogP contribution is -2.44. The van der Waals surface area contributed by atoms with Crippen LogP contribution in [-0.4, -0.2) is 32.9 Å². The Balaban J connectivity index is 0.00000261. The summed E-state index contributed by atoms with van der Waals surface area (Å²) in [5, 5.41) is 17.3. The van der Waals surface area contributed by atoms with Crippen LogP contribution in [0.15, 0.2) is 24.3 Å². The molecule has 1 fully saturated rings. The minimum atomic E-state index is -0.621. The number of carbonyl (C=O) groups is 1. The maximum Gasteiger partial charge on any atom is 0.223 e. The molecule has 0 aliphatic heterocycles. The van der Waals surface area contributed by atoms with E-state index in [1.807, 2.05) is 13.8 Å². The number of rotatable bonds is 4. The van der Waals surface area contributed by atoms with Crippen LogP contribution >= 0.6 is 12.4 Å². The van der Waals surface area contributed by atoms with Gasteiger partial charge in [-0.3, -0.25) is 4.79 Å². The number of hydrogen-bond donors (Lipinski definition) is 3. The lowest BCUT2D eigenvalue weighted by molar-refractivity contribution is -0.127. The number of aryl methyl sites for hydroxylation is 1. The summed E-state index contributed by atoms with van der Waals surface area (Å²) in [5.74, 6) is -0.570. The van der Waals surface area contributed by atoms with Crippen molar-refractivity contribution in [2.24, 2.45) is 11.7 Å². The molecule has 6 nitrogen and oxygen atoms in total. The fourth-order valence-corrected chi connectivity index (χ4v) is 3.49. The smallest absolute Gasteiger partial charge is 0.223 e. The molecule has 0 radical (unpaired) electrons. The molecule has 0 saturated heterocycles. The SMILES string of the molecule is Cc1nn(-c2ccc(F)cc2)c(C)c1CNC(=O)[C@H]1CC[C@@H](N)[C@H](O)C1.Cl. The van der Waals surface area contributed by atoms with Crippen molar-refractivity contribution < 1.29 is 14.3 Å². The first-order valence-electron chi connectivity index (χ1n) is 8.89. The largest absolute Gasteiger partial charge is 0.391 e. The van der Waals surface area contributed by atoms with Crippen LogP contribution in [0.1, 0.15) is 36.2 Å². The Labute approximate surface area is 164 Å². The summed E-state index contributed by atoms with van der Waals surface area (Å²) in [5.41, 5.74) is 9.23. The highest BCUT2D eigenvalue weighted by Crippen LogP contribution is 2.24. The van der Waals surface area contributed by atoms with E-state index in [4.69, 9.17) is 5.73 Å². The zero-order chi connectivity index (χ0) is 18.8. The standard InChI is InChI=1S/C19H25FN4O2.ClH/c1-11-16(10-22-19(26)13-3-8-17(21)18(25)9-13)12(2)24(23-11)15-6-4-14(20)5-7-15;/h4-7,13,17-18,25H,3,8-10,21H2,1-2H3,(H,22,26);1H/t13-,17+,18+;/m0./s1. The van der Waals surface area contributed by atoms with Gasteiger partial charge in [0.1, 0.15) is 5.82 Å². The lowest BCUT2D eigenvalue weighted by Gasteiger charge is -2.29. The first kappa shape index (κ1) is 21.3. The number of aliphatic hydroxyl groups is 1. The molecule has 0 bridgehead atoms. The van der Waals surface area contributed by atoms with Crippen LogP contribution < -0.4 is 11.1 Å². The van der Waals surface area contributed by atoms with Gasteiger partial charge in [0.25, 0.3) is 0 Å². The van der Waals surface area contributed by atoms with Gasteiger partial charge in [-0.1, -0.05) is 0 Å². The number of nitrogens with two attached hydrogens (primary N) is 1. The van der Waals surface area contributed by atoms with Crippen LogP contribution in [0, 0.1) is 25.6 Å². The van der Waals surface area contributed by atoms with Crippen molar-refractivity contribution in [2.75, 3.05) is 0 Å². The molecule has 1 heterocycles. The Morgan fingerprint density at radius 1 is 1.33 bits per heavy atom. The molecular formula is C19H26ClFN4O2. The molecule has 1 aromatic carbocycles. The van der Waals surface area contributed by atoms with Gasteiger partial charge in [-0.05, 0) is 57.4 Å². The summed E-state index contributed by atoms with van der Waals surface area (Å²) in [6, 6.07) is 5.89. The molecule has 3 rings (SSSR count). The van der Waals surface area contributed by atoms with Crippen molar-refractivity contribution in [2.45, 2.75) is 51.8 Å². The molecule has 0 spiro atoms. The predicted octanol–water partition coefficient (Wildman–Crippen LogP) is 2.15. The number of nitrogens with zero attached hydrogens (tertiary/aromatic N) is 2. The van der Waals surface area contributed by atoms with Gasteiger partial charge in [0, 0.05) is 29.8 Å². The molecule has 1 saturated carbocycles. The van der Waals surface area contributed by atoms with Crippen molar-refractivity contribution in [1.29, 1.82) is 0 Å². The zero-order valence-electron chi connectivity index (χ0n) is 15.5. The molecule has 148 valence electrons. The van der Waals surface area contributed by atoms with Crippen LogP contribution in [0.2, 0.25) is 0 Å². The molecule has 1 aliphatic carbocycles. The Bertz CT molecular complexity index is 794. The minimum Gasteiger partial charge on any atom is -0.391 e. The van der Waals surface area contributed by atoms with Gasteiger partial charge in [0.15, 0.2) is 0 Å². The summed E-state index contributed by atoms with van der Waals surface area (Å²) < 4.78 is 14.9. The average molecular weight is 397 g/mol. The molecule has 1 amide bonds. The number of benzene rings is 1. The number of halogens is 2. The Hall–Kier alpha value is -1.96. The van der Waals surface area contributed by atoms with E-state index in [0.717, 1.165) is 22.6 Å². The van der Waals surface area contributed by atoms with E-state index in [0.29, 0.717) is 25.8 Å². The third-order valence-corrected chi connectivity index (χ3v) is 5.19. The average Bonchev–Trinajstić information content (AvgIpc) is 2.90. The Morgan fingerprint density at radius 3 is 2.63 bits per heavy atom. The van der Waals surface area contributed by atoms with Gasteiger partial charge >= 0.3 is 0 Å². The molecular weight excluding hydrogens is 371 g/mol. The molecule has 2 aromatic rings. The predicted molar refractivity (Wildman–Crippen MR) is 103 cm³/mol. The zero-order valence-corrected chi connectivity index (χ0v) is 16.3. The topological polar surface area (TPSA) is 93.2 Å². The third-order valence-electron chi connectivity index (χ3n) is 5.19. The van der Waals surface area contributed by atoms with Crippen LogP contribution in [0.3, 0.4) is 0 Å². The highest BCUT2D eigenvalue weighted by atomic mass is 35.5. The number of aliphatic hydroxyl groups excluding tert-OH is 1. The molecule has 0 unspecified atom stereocenters. The van der Waals surface area contributed by atoms with E-state index >= 15 is 0 Å². The number of nitrogens with one attached hydrogen (secondary N) is 1. The summed E-state index contributed by atoms with van der Waals surface area (Å²) >= 11 is 0. The van der Waals surface area contributed by atoms with Crippen molar-refractivity contribution in [1.82, 2.24) is 15.1 Å². The van der Waals surface area contributed by atoms with Crippen molar-refractivity contribution >= 4 is 18.3 Å². The molecule has 4 N–H and O–H groups in total. The van der Waals surface area contributed by atoms with Crippen LogP contribution in [0.4, 0.5) is 4.39 Å². The second-order valence-corrected chi connectivity index (χ2v) is 7.00. The first-order valence-corrected chi connectivity index (χ1v) is 8.89. The molecule has 27 heavy (non-hydrogen) atoms. The Morgan fingerprint density at radius 2 is 2.00 bits per heavy atom. The van der Waals surface area contributed by atoms with Crippen molar-refractivity contribution in [3.63, 3.8) is 0 Å². The van der Waals surface area contributed by atoms with Gasteiger partial charge in [-0.25, -0.2) is 9.07 Å². The summed E-state index contributed by atoms with van der Waals surface area (Å²) in [7, 11) is 0. The summed E-state index contributed by atoms with van der Waals surface area (Å²) in [4.78, 5) is 12.4. The minimum absolute atomic E-state index is 0. The monoisotopic (exact) mass is 396 g/mol. The van der Waals surface area contributed by atoms with Crippen molar-refractivity contribution in [3.8, 4) is 5.69 Å². The summed E-state index contributed by atoms with van der Waals surface area (Å²) in [6.07, 6.45) is 1.13. The van der Waals surface area contributed by atoms with E-state index in [-0.39, 0.29) is 36.1 Å². The first-order chi connectivity index (χ1) is 12.4. The van der Waals surface area contributed by atoms with E-state index in [1.54, 1.807) is 16.8 Å². The second kappa shape index (κ2) is 8.82. The lowest BCUT2D eigenvalue weighted by atomic mass is 9.84. The van der Waals surface area contributed by atoms with Crippen LogP contribution in [-0.2, 0) is 11.3 Å². The van der Waals surface area contributed by atoms with Gasteiger partial charge in [0.05, 0.1) is 17.5 Å². The quantitative estimate of drug-likeness (QED) is 0.738. The molecule has 1 aromatic heterocycles. The van der Waals surface area contributed by atoms with E-state index in [1.165, 1.54) is 12.1 Å². The number of aromatic nitrogens is 2. The second-order valence-electron chi connectivity index (χ2n) is 7.00. The Kier molecular flexibility index (Phi) is 6.97. The normalized spacial score (nSPS) is 22.2. The van der Waals surface area contributed by atoms with Gasteiger partial charge < -0.3 is 16.2 Å². The van der Waals surface area contributed by atoms with E-state index in [2.05, 4.69) is 10.4 Å². The number of carbonyl (C=O) groups excluding carboxylic acids is 1. The van der Waals surface area contributed by atoms with E-state index in [9.17, 15) is 14.3 Å². The molecule has 1 aliphatic rings. The van der Waals surface area contributed by atoms with Crippen LogP contribution in [0.5, 0.6) is 0 Å². The maximum absolute atomic E-state index is 13.1. The van der Waals surface area contributed by atoms with Gasteiger partial charge in [0.2, 0.25) is 5.91 Å². The van der Waals surface area contributed by atoms with Gasteiger partial charge in [-0.15, -0.1) is 12.4 Å². The summed E-state index contributed by atoms with van der Waals surface area (Å²) in [6.45, 7) is 4.18. The number of amides is 1. The van der Waals surface area contributed by atoms with E-state index < -0.39 is 6.10 Å². The fraction of sp³-hybridized carbons (Fsp3) is 0.474. The van der Waals surface area contributed by atoms with Gasteiger partial charge in [-0.2, -0.15) is 5.10 Å². The highest BCUT2D eigenvalue weighted by molar-refractivity contribution is 5.85. The van der Waals surface area contributed by atoms with Crippen LogP contribution in [0.25, 0.3) is 5.69 Å². The van der Waals surface area contributed by atoms with Crippen molar-refractivity contribution in [3.05, 3.63) is 47.0 Å². The number of hydrogen-bond acceptors (Lipinski definition) is 4. The maximum atomic E-state index is 13.1. The fourth-order valence-electron chi connectivity index (χ4n) is 3.49. The molecule has 8 heteroatoms. The molecule has 3 atom stereocenters. The third kappa shape index (κ3) is 4.66. The highest BCUT2D eigenvalue weighted by Gasteiger charge is 2.30.